The molecule has 98 valence electrons. The number of hydrogen-bond donors (Lipinski definition) is 2. The van der Waals surface area contributed by atoms with Crippen molar-refractivity contribution in [1.82, 2.24) is 9.97 Å². The van der Waals surface area contributed by atoms with Gasteiger partial charge in [0.25, 0.3) is 0 Å². The minimum absolute atomic E-state index is 0.273. The van der Waals surface area contributed by atoms with E-state index in [1.807, 2.05) is 6.07 Å². The molecule has 5 nitrogen and oxygen atoms in total. The van der Waals surface area contributed by atoms with E-state index in [4.69, 9.17) is 0 Å². The summed E-state index contributed by atoms with van der Waals surface area (Å²) in [7, 11) is 0. The molecule has 0 unspecified atom stereocenters. The fourth-order valence-corrected chi connectivity index (χ4v) is 2.46. The lowest BCUT2D eigenvalue weighted by Gasteiger charge is -2.32. The van der Waals surface area contributed by atoms with Gasteiger partial charge in [-0.2, -0.15) is 0 Å². The molecule has 1 saturated carbocycles. The zero-order valence-electron chi connectivity index (χ0n) is 10.5. The maximum absolute atomic E-state index is 9.27. The second-order valence-electron chi connectivity index (χ2n) is 5.32. The van der Waals surface area contributed by atoms with Gasteiger partial charge in [-0.25, -0.2) is 9.97 Å². The lowest BCUT2D eigenvalue weighted by atomic mass is 9.99. The average molecular weight is 248 g/mol. The number of hydrogen-bond acceptors (Lipinski definition) is 5. The van der Waals surface area contributed by atoms with Gasteiger partial charge in [0.1, 0.15) is 18.0 Å². The van der Waals surface area contributed by atoms with E-state index in [9.17, 15) is 5.11 Å². The predicted molar refractivity (Wildman–Crippen MR) is 70.7 cm³/mol. The number of nitrogens with zero attached hydrogens (tertiary/aromatic N) is 3. The molecule has 1 saturated heterocycles. The van der Waals surface area contributed by atoms with Gasteiger partial charge < -0.3 is 15.3 Å². The summed E-state index contributed by atoms with van der Waals surface area (Å²) >= 11 is 0. The summed E-state index contributed by atoms with van der Waals surface area (Å²) in [6, 6.07) is 2.64. The van der Waals surface area contributed by atoms with Crippen molar-refractivity contribution < 1.29 is 5.11 Å². The molecule has 1 aliphatic carbocycles. The number of rotatable bonds is 4. The Labute approximate surface area is 107 Å². The molecule has 1 atom stereocenters. The standard InChI is InChI=1S/C13H20N4O/c18-8-10-2-1-5-17(7-10)13-6-12(14-9-15-13)16-11-3-4-11/h6,9-11,18H,1-5,7-8H2,(H,14,15,16)/t10-/m0/s1. The number of piperidine rings is 1. The number of anilines is 2. The largest absolute Gasteiger partial charge is 0.396 e. The Morgan fingerprint density at radius 3 is 3.00 bits per heavy atom. The molecule has 0 spiro atoms. The fraction of sp³-hybridized carbons (Fsp3) is 0.692. The molecule has 2 aliphatic rings. The summed E-state index contributed by atoms with van der Waals surface area (Å²) in [4.78, 5) is 10.9. The molecule has 18 heavy (non-hydrogen) atoms. The van der Waals surface area contributed by atoms with E-state index < -0.39 is 0 Å². The maximum Gasteiger partial charge on any atom is 0.134 e. The van der Waals surface area contributed by atoms with Gasteiger partial charge in [-0.05, 0) is 31.6 Å². The highest BCUT2D eigenvalue weighted by molar-refractivity contribution is 5.49. The third kappa shape index (κ3) is 2.72. The Bertz CT molecular complexity index is 408. The Morgan fingerprint density at radius 1 is 1.33 bits per heavy atom. The van der Waals surface area contributed by atoms with Crippen LogP contribution in [0.5, 0.6) is 0 Å². The van der Waals surface area contributed by atoms with Gasteiger partial charge >= 0.3 is 0 Å². The van der Waals surface area contributed by atoms with Crippen LogP contribution < -0.4 is 10.2 Å². The molecule has 2 fully saturated rings. The highest BCUT2D eigenvalue weighted by Gasteiger charge is 2.23. The number of aliphatic hydroxyl groups excluding tert-OH is 1. The van der Waals surface area contributed by atoms with Crippen molar-refractivity contribution in [2.45, 2.75) is 31.7 Å². The highest BCUT2D eigenvalue weighted by Crippen LogP contribution is 2.26. The lowest BCUT2D eigenvalue weighted by Crippen LogP contribution is -2.37. The molecule has 1 aromatic rings. The van der Waals surface area contributed by atoms with Gasteiger partial charge in [-0.15, -0.1) is 0 Å². The van der Waals surface area contributed by atoms with Crippen LogP contribution in [0.25, 0.3) is 0 Å². The molecule has 0 amide bonds. The van der Waals surface area contributed by atoms with Crippen molar-refractivity contribution in [2.24, 2.45) is 5.92 Å². The molecule has 0 aromatic carbocycles. The topological polar surface area (TPSA) is 61.3 Å². The number of nitrogens with one attached hydrogen (secondary N) is 1. The van der Waals surface area contributed by atoms with E-state index in [0.717, 1.165) is 37.6 Å². The van der Waals surface area contributed by atoms with Gasteiger partial charge in [-0.3, -0.25) is 0 Å². The first-order chi connectivity index (χ1) is 8.85. The van der Waals surface area contributed by atoms with Crippen molar-refractivity contribution in [3.05, 3.63) is 12.4 Å². The molecular weight excluding hydrogens is 228 g/mol. The minimum atomic E-state index is 0.273. The summed E-state index contributed by atoms with van der Waals surface area (Å²) in [5.74, 6) is 2.29. The third-order valence-corrected chi connectivity index (χ3v) is 3.68. The number of aliphatic hydroxyl groups is 1. The van der Waals surface area contributed by atoms with E-state index in [1.54, 1.807) is 6.33 Å². The summed E-state index contributed by atoms with van der Waals surface area (Å²) in [6.07, 6.45) is 6.36. The maximum atomic E-state index is 9.27. The second-order valence-corrected chi connectivity index (χ2v) is 5.32. The molecule has 2 heterocycles. The van der Waals surface area contributed by atoms with Crippen LogP contribution in [-0.2, 0) is 0 Å². The van der Waals surface area contributed by atoms with E-state index >= 15 is 0 Å². The lowest BCUT2D eigenvalue weighted by molar-refractivity contribution is 0.208. The first kappa shape index (κ1) is 11.7. The Hall–Kier alpha value is -1.36. The van der Waals surface area contributed by atoms with Gasteiger partial charge in [0, 0.05) is 31.8 Å². The van der Waals surface area contributed by atoms with Crippen LogP contribution in [0.1, 0.15) is 25.7 Å². The SMILES string of the molecule is OC[C@H]1CCCN(c2cc(NC3CC3)ncn2)C1. The molecule has 1 aromatic heterocycles. The molecule has 1 aliphatic heterocycles. The van der Waals surface area contributed by atoms with Gasteiger partial charge in [0.15, 0.2) is 0 Å². The molecular formula is C13H20N4O. The summed E-state index contributed by atoms with van der Waals surface area (Å²) in [5, 5.41) is 12.7. The van der Waals surface area contributed by atoms with Crippen LogP contribution in [0, 0.1) is 5.92 Å². The zero-order chi connectivity index (χ0) is 12.4. The van der Waals surface area contributed by atoms with Gasteiger partial charge in [0.2, 0.25) is 0 Å². The normalized spacial score (nSPS) is 24.1. The first-order valence-corrected chi connectivity index (χ1v) is 6.79. The second kappa shape index (κ2) is 5.10. The summed E-state index contributed by atoms with van der Waals surface area (Å²) < 4.78 is 0. The average Bonchev–Trinajstić information content (AvgIpc) is 3.23. The van der Waals surface area contributed by atoms with Crippen molar-refractivity contribution in [3.63, 3.8) is 0 Å². The van der Waals surface area contributed by atoms with Crippen molar-refractivity contribution in [3.8, 4) is 0 Å². The fourth-order valence-electron chi connectivity index (χ4n) is 2.46. The van der Waals surface area contributed by atoms with Gasteiger partial charge in [-0.1, -0.05) is 0 Å². The smallest absolute Gasteiger partial charge is 0.134 e. The summed E-state index contributed by atoms with van der Waals surface area (Å²) in [6.45, 7) is 2.20. The molecule has 0 radical (unpaired) electrons. The van der Waals surface area contributed by atoms with Crippen LogP contribution in [0.15, 0.2) is 12.4 Å². The highest BCUT2D eigenvalue weighted by atomic mass is 16.3. The first-order valence-electron chi connectivity index (χ1n) is 6.79. The Kier molecular flexibility index (Phi) is 3.32. The minimum Gasteiger partial charge on any atom is -0.396 e. The van der Waals surface area contributed by atoms with Crippen LogP contribution >= 0.6 is 0 Å². The molecule has 5 heteroatoms. The van der Waals surface area contributed by atoms with Crippen LogP contribution in [0.2, 0.25) is 0 Å². The quantitative estimate of drug-likeness (QED) is 0.840. The third-order valence-electron chi connectivity index (χ3n) is 3.68. The Balaban J connectivity index is 1.69. The van der Waals surface area contributed by atoms with E-state index in [1.165, 1.54) is 12.8 Å². The van der Waals surface area contributed by atoms with Crippen molar-refractivity contribution >= 4 is 11.6 Å². The van der Waals surface area contributed by atoms with Crippen LogP contribution in [-0.4, -0.2) is 40.8 Å². The molecule has 2 N–H and O–H groups in total. The molecule has 0 bridgehead atoms. The van der Waals surface area contributed by atoms with Gasteiger partial charge in [0.05, 0.1) is 0 Å². The van der Waals surface area contributed by atoms with Crippen LogP contribution in [0.3, 0.4) is 0 Å². The van der Waals surface area contributed by atoms with Crippen molar-refractivity contribution in [2.75, 3.05) is 29.9 Å². The zero-order valence-corrected chi connectivity index (χ0v) is 10.5. The Morgan fingerprint density at radius 2 is 2.22 bits per heavy atom. The van der Waals surface area contributed by atoms with E-state index in [0.29, 0.717) is 12.0 Å². The monoisotopic (exact) mass is 248 g/mol. The predicted octanol–water partition coefficient (Wildman–Crippen LogP) is 1.26. The van der Waals surface area contributed by atoms with Crippen molar-refractivity contribution in [1.29, 1.82) is 0 Å². The summed E-state index contributed by atoms with van der Waals surface area (Å²) in [5.41, 5.74) is 0. The van der Waals surface area contributed by atoms with E-state index in [2.05, 4.69) is 20.2 Å². The van der Waals surface area contributed by atoms with Crippen LogP contribution in [0.4, 0.5) is 11.6 Å². The molecule has 3 rings (SSSR count). The van der Waals surface area contributed by atoms with E-state index in [-0.39, 0.29) is 6.61 Å². The number of aromatic nitrogens is 2.